The summed E-state index contributed by atoms with van der Waals surface area (Å²) in [7, 11) is 1.71. The molecule has 0 aliphatic rings. The molecule has 0 aliphatic carbocycles. The Kier molecular flexibility index (Phi) is 7.51. The highest BCUT2D eigenvalue weighted by Crippen LogP contribution is 2.24. The Balaban J connectivity index is 1.40. The van der Waals surface area contributed by atoms with E-state index in [1.54, 1.807) is 7.11 Å². The van der Waals surface area contributed by atoms with Crippen LogP contribution in [0.1, 0.15) is 27.9 Å². The number of hydrogen-bond donors (Lipinski definition) is 0. The summed E-state index contributed by atoms with van der Waals surface area (Å²) in [6, 6.07) is 21.9. The van der Waals surface area contributed by atoms with Gasteiger partial charge in [-0.05, 0) is 77.9 Å². The van der Waals surface area contributed by atoms with Gasteiger partial charge >= 0.3 is 0 Å². The summed E-state index contributed by atoms with van der Waals surface area (Å²) in [6.07, 6.45) is 5.99. The summed E-state index contributed by atoms with van der Waals surface area (Å²) in [4.78, 5) is 4.56. The molecule has 3 aromatic carbocycles. The molecule has 1 heterocycles. The van der Waals surface area contributed by atoms with Crippen LogP contribution < -0.4 is 0 Å². The second kappa shape index (κ2) is 10.7. The van der Waals surface area contributed by atoms with Crippen molar-refractivity contribution in [2.24, 2.45) is 0 Å². The van der Waals surface area contributed by atoms with Gasteiger partial charge in [0.05, 0.1) is 6.61 Å². The molecule has 0 saturated heterocycles. The third-order valence-electron chi connectivity index (χ3n) is 5.85. The van der Waals surface area contributed by atoms with Gasteiger partial charge in [0, 0.05) is 29.4 Å². The number of nitrogens with zero attached hydrogens (tertiary/aromatic N) is 1. The Labute approximate surface area is 194 Å². The number of methoxy groups -OCH3 is 1. The SMILES string of the molecule is COCCc1ccc(CCc2ccc3c(F)c(CCc4ccc(Cl)cc4)ccc3c2)nc1. The topological polar surface area (TPSA) is 22.1 Å². The zero-order valence-electron chi connectivity index (χ0n) is 18.3. The van der Waals surface area contributed by atoms with Crippen LogP contribution in [0, 0.1) is 5.82 Å². The monoisotopic (exact) mass is 447 g/mol. The molecule has 0 radical (unpaired) electrons. The first kappa shape index (κ1) is 22.4. The second-order valence-electron chi connectivity index (χ2n) is 8.12. The molecule has 0 amide bonds. The number of pyridine rings is 1. The molecule has 164 valence electrons. The van der Waals surface area contributed by atoms with Crippen LogP contribution in [0.25, 0.3) is 10.8 Å². The van der Waals surface area contributed by atoms with Gasteiger partial charge in [0.2, 0.25) is 0 Å². The molecule has 0 bridgehead atoms. The van der Waals surface area contributed by atoms with Crippen LogP contribution in [0.2, 0.25) is 5.02 Å². The van der Waals surface area contributed by atoms with E-state index in [1.165, 1.54) is 11.1 Å². The van der Waals surface area contributed by atoms with Crippen molar-refractivity contribution in [3.8, 4) is 0 Å². The van der Waals surface area contributed by atoms with Crippen LogP contribution in [-0.4, -0.2) is 18.7 Å². The van der Waals surface area contributed by atoms with E-state index in [9.17, 15) is 0 Å². The third kappa shape index (κ3) is 5.73. The van der Waals surface area contributed by atoms with E-state index in [-0.39, 0.29) is 5.82 Å². The van der Waals surface area contributed by atoms with Gasteiger partial charge in [-0.15, -0.1) is 0 Å². The van der Waals surface area contributed by atoms with Gasteiger partial charge in [0.25, 0.3) is 0 Å². The molecule has 1 aromatic heterocycles. The molecular formula is C28H27ClFNO. The lowest BCUT2D eigenvalue weighted by Gasteiger charge is -2.09. The molecule has 2 nitrogen and oxygen atoms in total. The first-order valence-electron chi connectivity index (χ1n) is 11.0. The van der Waals surface area contributed by atoms with Gasteiger partial charge in [-0.1, -0.05) is 60.1 Å². The molecule has 4 aromatic rings. The van der Waals surface area contributed by atoms with Crippen molar-refractivity contribution in [2.45, 2.75) is 32.1 Å². The van der Waals surface area contributed by atoms with Crippen molar-refractivity contribution in [3.63, 3.8) is 0 Å². The van der Waals surface area contributed by atoms with E-state index in [0.29, 0.717) is 18.4 Å². The van der Waals surface area contributed by atoms with E-state index in [4.69, 9.17) is 16.3 Å². The zero-order valence-corrected chi connectivity index (χ0v) is 19.0. The smallest absolute Gasteiger partial charge is 0.134 e. The summed E-state index contributed by atoms with van der Waals surface area (Å²) in [5.41, 5.74) is 5.34. The molecule has 0 spiro atoms. The molecule has 0 N–H and O–H groups in total. The zero-order chi connectivity index (χ0) is 22.3. The average Bonchev–Trinajstić information content (AvgIpc) is 2.82. The van der Waals surface area contributed by atoms with Crippen molar-refractivity contribution in [3.05, 3.63) is 112 Å². The van der Waals surface area contributed by atoms with Crippen molar-refractivity contribution in [1.82, 2.24) is 4.98 Å². The van der Waals surface area contributed by atoms with E-state index in [1.807, 2.05) is 54.7 Å². The molecule has 0 atom stereocenters. The standard InChI is InChI=1S/C28H27ClFNO/c1-32-17-16-22-6-14-26(31-19-22)13-5-21-7-15-27-24(18-21)10-9-23(28(27)30)8-2-20-3-11-25(29)12-4-20/h3-4,6-7,9-12,14-15,18-19H,2,5,8,13,16-17H2,1H3. The van der Waals surface area contributed by atoms with Gasteiger partial charge < -0.3 is 4.74 Å². The summed E-state index contributed by atoms with van der Waals surface area (Å²) in [5, 5.41) is 2.34. The van der Waals surface area contributed by atoms with Crippen molar-refractivity contribution in [1.29, 1.82) is 0 Å². The Bertz CT molecular complexity index is 1170. The average molecular weight is 448 g/mol. The lowest BCUT2D eigenvalue weighted by molar-refractivity contribution is 0.202. The molecule has 0 fully saturated rings. The lowest BCUT2D eigenvalue weighted by atomic mass is 9.98. The highest BCUT2D eigenvalue weighted by Gasteiger charge is 2.09. The Morgan fingerprint density at radius 1 is 0.781 bits per heavy atom. The minimum absolute atomic E-state index is 0.115. The molecular weight excluding hydrogens is 421 g/mol. The first-order chi connectivity index (χ1) is 15.6. The van der Waals surface area contributed by atoms with Crippen LogP contribution in [0.5, 0.6) is 0 Å². The fraction of sp³-hybridized carbons (Fsp3) is 0.250. The van der Waals surface area contributed by atoms with Gasteiger partial charge in [0.1, 0.15) is 5.82 Å². The minimum Gasteiger partial charge on any atom is -0.384 e. The van der Waals surface area contributed by atoms with Crippen LogP contribution in [0.3, 0.4) is 0 Å². The number of benzene rings is 3. The minimum atomic E-state index is -0.115. The number of ether oxygens (including phenoxy) is 1. The summed E-state index contributed by atoms with van der Waals surface area (Å²) < 4.78 is 20.2. The maximum atomic E-state index is 15.1. The summed E-state index contributed by atoms with van der Waals surface area (Å²) >= 11 is 5.94. The second-order valence-corrected chi connectivity index (χ2v) is 8.56. The maximum Gasteiger partial charge on any atom is 0.134 e. The summed E-state index contributed by atoms with van der Waals surface area (Å²) in [6.45, 7) is 0.706. The molecule has 0 unspecified atom stereocenters. The molecule has 4 rings (SSSR count). The largest absolute Gasteiger partial charge is 0.384 e. The molecule has 0 saturated carbocycles. The molecule has 4 heteroatoms. The summed E-state index contributed by atoms with van der Waals surface area (Å²) in [5.74, 6) is -0.115. The van der Waals surface area contributed by atoms with Crippen LogP contribution in [0.4, 0.5) is 4.39 Å². The van der Waals surface area contributed by atoms with Crippen LogP contribution in [-0.2, 0) is 36.8 Å². The van der Waals surface area contributed by atoms with Crippen LogP contribution >= 0.6 is 11.6 Å². The number of halogens is 2. The number of rotatable bonds is 9. The number of aromatic nitrogens is 1. The van der Waals surface area contributed by atoms with E-state index in [2.05, 4.69) is 23.2 Å². The lowest BCUT2D eigenvalue weighted by Crippen LogP contribution is -1.99. The highest BCUT2D eigenvalue weighted by molar-refractivity contribution is 6.30. The van der Waals surface area contributed by atoms with Gasteiger partial charge in [-0.3, -0.25) is 4.98 Å². The van der Waals surface area contributed by atoms with Gasteiger partial charge in [0.15, 0.2) is 0 Å². The predicted molar refractivity (Wildman–Crippen MR) is 130 cm³/mol. The molecule has 0 aliphatic heterocycles. The van der Waals surface area contributed by atoms with Crippen LogP contribution in [0.15, 0.2) is 72.9 Å². The van der Waals surface area contributed by atoms with Gasteiger partial charge in [-0.2, -0.15) is 0 Å². The maximum absolute atomic E-state index is 15.1. The Morgan fingerprint density at radius 3 is 2.28 bits per heavy atom. The number of fused-ring (bicyclic) bond motifs is 1. The van der Waals surface area contributed by atoms with Crippen molar-refractivity contribution < 1.29 is 9.13 Å². The fourth-order valence-corrected chi connectivity index (χ4v) is 4.03. The van der Waals surface area contributed by atoms with Gasteiger partial charge in [-0.25, -0.2) is 4.39 Å². The van der Waals surface area contributed by atoms with E-state index >= 15 is 4.39 Å². The Morgan fingerprint density at radius 2 is 1.53 bits per heavy atom. The third-order valence-corrected chi connectivity index (χ3v) is 6.10. The fourth-order valence-electron chi connectivity index (χ4n) is 3.91. The number of hydrogen-bond acceptors (Lipinski definition) is 2. The quantitative estimate of drug-likeness (QED) is 0.282. The first-order valence-corrected chi connectivity index (χ1v) is 11.4. The van der Waals surface area contributed by atoms with Crippen molar-refractivity contribution >= 4 is 22.4 Å². The Hall–Kier alpha value is -2.75. The van der Waals surface area contributed by atoms with E-state index < -0.39 is 0 Å². The molecule has 32 heavy (non-hydrogen) atoms. The predicted octanol–water partition coefficient (Wildman–Crippen LogP) is 6.79. The normalized spacial score (nSPS) is 11.2. The number of aryl methyl sites for hydroxylation is 4. The highest BCUT2D eigenvalue weighted by atomic mass is 35.5. The van der Waals surface area contributed by atoms with E-state index in [0.717, 1.165) is 52.9 Å². The van der Waals surface area contributed by atoms with Crippen molar-refractivity contribution in [2.75, 3.05) is 13.7 Å².